The summed E-state index contributed by atoms with van der Waals surface area (Å²) in [5.41, 5.74) is 0.896. The molecule has 1 amide bonds. The molecule has 0 bridgehead atoms. The Morgan fingerprint density at radius 1 is 1.74 bits per heavy atom. The molecule has 7 heteroatoms. The first kappa shape index (κ1) is 14.0. The number of piperazine rings is 1. The van der Waals surface area contributed by atoms with E-state index < -0.39 is 12.0 Å². The van der Waals surface area contributed by atoms with Crippen LogP contribution in [-0.2, 0) is 9.59 Å². The first-order valence-corrected chi connectivity index (χ1v) is 7.04. The lowest BCUT2D eigenvalue weighted by atomic mass is 10.0. The van der Waals surface area contributed by atoms with E-state index in [1.165, 1.54) is 0 Å². The maximum atomic E-state index is 11.8. The Morgan fingerprint density at radius 3 is 3.05 bits per heavy atom. The van der Waals surface area contributed by atoms with Gasteiger partial charge in [-0.1, -0.05) is 0 Å². The molecule has 1 saturated heterocycles. The lowest BCUT2D eigenvalue weighted by Crippen LogP contribution is -2.56. The molecule has 2 N–H and O–H groups in total. The normalized spacial score (nSPS) is 22.0. The molecular formula is C12H17N3O3S. The molecule has 2 unspecified atom stereocenters. The van der Waals surface area contributed by atoms with Crippen molar-refractivity contribution in [1.29, 1.82) is 0 Å². The van der Waals surface area contributed by atoms with E-state index in [0.717, 1.165) is 10.7 Å². The van der Waals surface area contributed by atoms with Crippen molar-refractivity contribution >= 4 is 23.2 Å². The molecule has 0 spiro atoms. The molecule has 104 valence electrons. The Hall–Kier alpha value is -1.47. The quantitative estimate of drug-likeness (QED) is 0.853. The monoisotopic (exact) mass is 283 g/mol. The molecule has 1 aromatic heterocycles. The van der Waals surface area contributed by atoms with Crippen LogP contribution in [0.3, 0.4) is 0 Å². The van der Waals surface area contributed by atoms with Crippen LogP contribution in [0.5, 0.6) is 0 Å². The van der Waals surface area contributed by atoms with Crippen LogP contribution in [-0.4, -0.2) is 46.0 Å². The minimum absolute atomic E-state index is 0.0552. The third-order valence-corrected chi connectivity index (χ3v) is 4.09. The second kappa shape index (κ2) is 5.66. The van der Waals surface area contributed by atoms with Gasteiger partial charge < -0.3 is 10.4 Å². The first-order valence-electron chi connectivity index (χ1n) is 6.16. The number of carbonyl (C=O) groups is 2. The number of amides is 1. The van der Waals surface area contributed by atoms with Gasteiger partial charge in [-0.2, -0.15) is 0 Å². The Balaban J connectivity index is 2.19. The van der Waals surface area contributed by atoms with Crippen molar-refractivity contribution in [3.8, 4) is 0 Å². The third-order valence-electron chi connectivity index (χ3n) is 3.30. The number of nitrogens with one attached hydrogen (secondary N) is 1. The number of carboxylic acid groups (broad SMARTS) is 1. The van der Waals surface area contributed by atoms with Gasteiger partial charge in [0.1, 0.15) is 6.04 Å². The molecule has 6 nitrogen and oxygen atoms in total. The summed E-state index contributed by atoms with van der Waals surface area (Å²) in [4.78, 5) is 29.1. The summed E-state index contributed by atoms with van der Waals surface area (Å²) in [5.74, 6) is -1.18. The number of aliphatic carboxylic acids is 1. The number of aromatic nitrogens is 1. The second-order valence-corrected chi connectivity index (χ2v) is 5.67. The molecule has 2 rings (SSSR count). The Morgan fingerprint density at radius 2 is 2.47 bits per heavy atom. The zero-order valence-corrected chi connectivity index (χ0v) is 11.7. The molecule has 0 saturated carbocycles. The van der Waals surface area contributed by atoms with Crippen LogP contribution in [0.25, 0.3) is 0 Å². The molecule has 2 atom stereocenters. The highest BCUT2D eigenvalue weighted by Crippen LogP contribution is 2.26. The number of rotatable bonds is 4. The summed E-state index contributed by atoms with van der Waals surface area (Å²) < 4.78 is 0. The highest BCUT2D eigenvalue weighted by atomic mass is 32.1. The molecule has 0 aliphatic carbocycles. The minimum Gasteiger partial charge on any atom is -0.481 e. The van der Waals surface area contributed by atoms with E-state index in [4.69, 9.17) is 5.11 Å². The van der Waals surface area contributed by atoms with Crippen LogP contribution in [0.1, 0.15) is 30.1 Å². The molecule has 1 fully saturated rings. The summed E-state index contributed by atoms with van der Waals surface area (Å²) in [6.45, 7) is 5.07. The molecule has 0 aromatic carbocycles. The van der Waals surface area contributed by atoms with E-state index in [0.29, 0.717) is 13.1 Å². The van der Waals surface area contributed by atoms with Gasteiger partial charge in [0.25, 0.3) is 0 Å². The second-order valence-electron chi connectivity index (χ2n) is 4.61. The van der Waals surface area contributed by atoms with Gasteiger partial charge >= 0.3 is 5.97 Å². The maximum Gasteiger partial charge on any atom is 0.305 e. The summed E-state index contributed by atoms with van der Waals surface area (Å²) in [6, 6.07) is -0.677. The van der Waals surface area contributed by atoms with Crippen LogP contribution >= 0.6 is 11.3 Å². The Bertz CT molecular complexity index is 488. The van der Waals surface area contributed by atoms with Crippen molar-refractivity contribution in [2.45, 2.75) is 32.4 Å². The molecule has 19 heavy (non-hydrogen) atoms. The fraction of sp³-hybridized carbons (Fsp3) is 0.583. The number of hydrogen-bond acceptors (Lipinski definition) is 5. The third kappa shape index (κ3) is 3.10. The fourth-order valence-corrected chi connectivity index (χ4v) is 3.01. The highest BCUT2D eigenvalue weighted by molar-refractivity contribution is 7.09. The summed E-state index contributed by atoms with van der Waals surface area (Å²) in [5, 5.41) is 14.6. The van der Waals surface area contributed by atoms with Crippen molar-refractivity contribution in [1.82, 2.24) is 15.2 Å². The van der Waals surface area contributed by atoms with Gasteiger partial charge in [0.15, 0.2) is 0 Å². The zero-order chi connectivity index (χ0) is 14.0. The molecular weight excluding hydrogens is 266 g/mol. The van der Waals surface area contributed by atoms with Gasteiger partial charge in [0.2, 0.25) is 5.91 Å². The average molecular weight is 283 g/mol. The van der Waals surface area contributed by atoms with Crippen molar-refractivity contribution in [2.75, 3.05) is 13.1 Å². The zero-order valence-electron chi connectivity index (χ0n) is 10.9. The molecule has 2 heterocycles. The van der Waals surface area contributed by atoms with E-state index in [9.17, 15) is 9.59 Å². The topological polar surface area (TPSA) is 82.5 Å². The van der Waals surface area contributed by atoms with E-state index in [2.05, 4.69) is 10.3 Å². The van der Waals surface area contributed by atoms with Crippen LogP contribution in [0.4, 0.5) is 0 Å². The number of nitrogens with zero attached hydrogens (tertiary/aromatic N) is 2. The number of carbonyl (C=O) groups excluding carboxylic acids is 1. The molecule has 1 aliphatic heterocycles. The van der Waals surface area contributed by atoms with Crippen LogP contribution in [0.15, 0.2) is 5.38 Å². The molecule has 1 aromatic rings. The lowest BCUT2D eigenvalue weighted by molar-refractivity contribution is -0.143. The predicted octanol–water partition coefficient (Wildman–Crippen LogP) is 0.788. The van der Waals surface area contributed by atoms with Crippen molar-refractivity contribution in [2.24, 2.45) is 0 Å². The van der Waals surface area contributed by atoms with Crippen molar-refractivity contribution in [3.63, 3.8) is 0 Å². The number of thiazole rings is 1. The van der Waals surface area contributed by atoms with Gasteiger partial charge in [-0.25, -0.2) is 4.98 Å². The van der Waals surface area contributed by atoms with Gasteiger partial charge in [-0.3, -0.25) is 14.5 Å². The first-order chi connectivity index (χ1) is 8.99. The predicted molar refractivity (Wildman–Crippen MR) is 71.0 cm³/mol. The summed E-state index contributed by atoms with van der Waals surface area (Å²) in [6.07, 6.45) is -0.181. The molecule has 1 aliphatic rings. The maximum absolute atomic E-state index is 11.8. The van der Waals surface area contributed by atoms with Gasteiger partial charge in [0.05, 0.1) is 23.2 Å². The minimum atomic E-state index is -0.964. The number of aryl methyl sites for hydroxylation is 1. The van der Waals surface area contributed by atoms with Crippen molar-refractivity contribution < 1.29 is 14.7 Å². The van der Waals surface area contributed by atoms with E-state index in [-0.39, 0.29) is 18.4 Å². The highest BCUT2D eigenvalue weighted by Gasteiger charge is 2.35. The van der Waals surface area contributed by atoms with E-state index in [1.54, 1.807) is 11.3 Å². The van der Waals surface area contributed by atoms with Crippen LogP contribution in [0.2, 0.25) is 0 Å². The Labute approximate surface area is 115 Å². The summed E-state index contributed by atoms with van der Waals surface area (Å²) in [7, 11) is 0. The van der Waals surface area contributed by atoms with Crippen LogP contribution < -0.4 is 5.32 Å². The fourth-order valence-electron chi connectivity index (χ4n) is 2.31. The number of hydrogen-bond donors (Lipinski definition) is 2. The van der Waals surface area contributed by atoms with Gasteiger partial charge in [0, 0.05) is 18.5 Å². The van der Waals surface area contributed by atoms with E-state index in [1.807, 2.05) is 24.1 Å². The lowest BCUT2D eigenvalue weighted by Gasteiger charge is -2.37. The standard InChI is InChI=1S/C12H17N3O3S/c1-7(9-6-19-8(2)14-9)15-4-3-13-12(18)10(15)5-11(16)17/h6-7,10H,3-5H2,1-2H3,(H,13,18)(H,16,17). The van der Waals surface area contributed by atoms with Crippen LogP contribution in [0, 0.1) is 6.92 Å². The number of carboxylic acids is 1. The molecule has 0 radical (unpaired) electrons. The largest absolute Gasteiger partial charge is 0.481 e. The van der Waals surface area contributed by atoms with E-state index >= 15 is 0 Å². The van der Waals surface area contributed by atoms with Crippen molar-refractivity contribution in [3.05, 3.63) is 16.1 Å². The average Bonchev–Trinajstić information content (AvgIpc) is 2.77. The van der Waals surface area contributed by atoms with Gasteiger partial charge in [-0.15, -0.1) is 11.3 Å². The van der Waals surface area contributed by atoms with Gasteiger partial charge in [-0.05, 0) is 13.8 Å². The summed E-state index contributed by atoms with van der Waals surface area (Å²) >= 11 is 1.56. The Kier molecular flexibility index (Phi) is 4.16. The smallest absolute Gasteiger partial charge is 0.305 e. The SMILES string of the molecule is Cc1nc(C(C)N2CCNC(=O)C2CC(=O)O)cs1.